The number of hydrogen-bond acceptors (Lipinski definition) is 5. The van der Waals surface area contributed by atoms with Crippen LogP contribution in [0.3, 0.4) is 0 Å². The number of morpholine rings is 1. The fourth-order valence-corrected chi connectivity index (χ4v) is 3.82. The number of hydrogen-bond donors (Lipinski definition) is 1. The minimum Gasteiger partial charge on any atom is -0.492 e. The third-order valence-corrected chi connectivity index (χ3v) is 5.61. The van der Waals surface area contributed by atoms with Crippen molar-refractivity contribution in [2.45, 2.75) is 44.1 Å². The van der Waals surface area contributed by atoms with Gasteiger partial charge in [0.05, 0.1) is 13.2 Å². The summed E-state index contributed by atoms with van der Waals surface area (Å²) in [5, 5.41) is 3.02. The summed E-state index contributed by atoms with van der Waals surface area (Å²) in [5.74, 6) is 0.782. The van der Waals surface area contributed by atoms with Crippen molar-refractivity contribution < 1.29 is 19.0 Å². The highest BCUT2D eigenvalue weighted by atomic mass is 16.5. The zero-order valence-corrected chi connectivity index (χ0v) is 16.4. The minimum atomic E-state index is -0.691. The second kappa shape index (κ2) is 10.1. The highest BCUT2D eigenvalue weighted by Crippen LogP contribution is 2.31. The molecule has 1 aliphatic carbocycles. The van der Waals surface area contributed by atoms with Crippen LogP contribution in [0.4, 0.5) is 5.69 Å². The molecule has 1 aromatic rings. The van der Waals surface area contributed by atoms with E-state index in [2.05, 4.69) is 10.2 Å². The fraction of sp³-hybridized carbons (Fsp3) is 0.667. The highest BCUT2D eigenvalue weighted by Gasteiger charge is 2.38. The number of benzene rings is 1. The van der Waals surface area contributed by atoms with Crippen molar-refractivity contribution in [1.82, 2.24) is 4.90 Å². The van der Waals surface area contributed by atoms with E-state index in [4.69, 9.17) is 14.2 Å². The number of carbonyl (C=O) groups is 1. The van der Waals surface area contributed by atoms with Crippen molar-refractivity contribution in [2.24, 2.45) is 0 Å². The summed E-state index contributed by atoms with van der Waals surface area (Å²) in [6, 6.07) is 7.59. The standard InChI is InChI=1S/C21H32N2O4/c1-25-21(10-4-2-3-5-11-21)20(24)22-18-6-8-19(9-7-18)27-17-14-23-12-15-26-16-13-23/h6-9H,2-5,10-17H2,1H3,(H,22,24). The maximum absolute atomic E-state index is 12.8. The second-order valence-corrected chi connectivity index (χ2v) is 7.39. The maximum atomic E-state index is 12.8. The maximum Gasteiger partial charge on any atom is 0.256 e. The summed E-state index contributed by atoms with van der Waals surface area (Å²) in [5.41, 5.74) is 0.0882. The van der Waals surface area contributed by atoms with Crippen molar-refractivity contribution >= 4 is 11.6 Å². The van der Waals surface area contributed by atoms with Gasteiger partial charge >= 0.3 is 0 Å². The smallest absolute Gasteiger partial charge is 0.256 e. The lowest BCUT2D eigenvalue weighted by Gasteiger charge is -2.29. The molecule has 2 fully saturated rings. The lowest BCUT2D eigenvalue weighted by atomic mass is 9.93. The minimum absolute atomic E-state index is 0.0344. The third-order valence-electron chi connectivity index (χ3n) is 5.61. The molecule has 1 N–H and O–H groups in total. The van der Waals surface area contributed by atoms with Crippen molar-refractivity contribution in [1.29, 1.82) is 0 Å². The molecule has 1 saturated heterocycles. The summed E-state index contributed by atoms with van der Waals surface area (Å²) in [4.78, 5) is 15.2. The van der Waals surface area contributed by atoms with Gasteiger partial charge in [0.1, 0.15) is 18.0 Å². The molecular weight excluding hydrogens is 344 g/mol. The first-order chi connectivity index (χ1) is 13.2. The Bertz CT molecular complexity index is 576. The Hall–Kier alpha value is -1.63. The molecule has 150 valence electrons. The largest absolute Gasteiger partial charge is 0.492 e. The van der Waals surface area contributed by atoms with Crippen LogP contribution in [0.25, 0.3) is 0 Å². The van der Waals surface area contributed by atoms with E-state index in [0.29, 0.717) is 6.61 Å². The van der Waals surface area contributed by atoms with Gasteiger partial charge in [-0.05, 0) is 37.1 Å². The number of nitrogens with one attached hydrogen (secondary N) is 1. The molecule has 0 atom stereocenters. The van der Waals surface area contributed by atoms with Gasteiger partial charge < -0.3 is 19.5 Å². The van der Waals surface area contributed by atoms with E-state index in [9.17, 15) is 4.79 Å². The molecule has 1 saturated carbocycles. The van der Waals surface area contributed by atoms with Gasteiger partial charge in [0.25, 0.3) is 5.91 Å². The van der Waals surface area contributed by atoms with Gasteiger partial charge in [-0.15, -0.1) is 0 Å². The van der Waals surface area contributed by atoms with Crippen LogP contribution in [-0.4, -0.2) is 63.0 Å². The molecule has 0 aromatic heterocycles. The summed E-state index contributed by atoms with van der Waals surface area (Å²) in [7, 11) is 1.65. The second-order valence-electron chi connectivity index (χ2n) is 7.39. The van der Waals surface area contributed by atoms with Crippen LogP contribution in [0, 0.1) is 0 Å². The lowest BCUT2D eigenvalue weighted by molar-refractivity contribution is -0.139. The first-order valence-corrected chi connectivity index (χ1v) is 10.1. The first-order valence-electron chi connectivity index (χ1n) is 10.1. The molecule has 27 heavy (non-hydrogen) atoms. The molecule has 6 heteroatoms. The normalized spacial score (nSPS) is 20.6. The highest BCUT2D eigenvalue weighted by molar-refractivity contribution is 5.97. The van der Waals surface area contributed by atoms with Crippen molar-refractivity contribution in [2.75, 3.05) is 51.9 Å². The number of methoxy groups -OCH3 is 1. The first kappa shape index (κ1) is 20.1. The Morgan fingerprint density at radius 3 is 2.41 bits per heavy atom. The van der Waals surface area contributed by atoms with Gasteiger partial charge in [-0.2, -0.15) is 0 Å². The van der Waals surface area contributed by atoms with Crippen LogP contribution in [0.5, 0.6) is 5.75 Å². The summed E-state index contributed by atoms with van der Waals surface area (Å²) in [6.07, 6.45) is 6.01. The molecule has 0 unspecified atom stereocenters. The number of rotatable bonds is 7. The number of ether oxygens (including phenoxy) is 3. The van der Waals surface area contributed by atoms with Crippen LogP contribution >= 0.6 is 0 Å². The van der Waals surface area contributed by atoms with Crippen molar-refractivity contribution in [3.8, 4) is 5.75 Å². The Kier molecular flexibility index (Phi) is 7.50. The molecule has 1 heterocycles. The lowest BCUT2D eigenvalue weighted by Crippen LogP contribution is -2.44. The molecule has 1 aliphatic heterocycles. The summed E-state index contributed by atoms with van der Waals surface area (Å²) >= 11 is 0. The van der Waals surface area contributed by atoms with Gasteiger partial charge in [-0.1, -0.05) is 25.7 Å². The van der Waals surface area contributed by atoms with E-state index in [1.54, 1.807) is 7.11 Å². The average molecular weight is 376 g/mol. The molecule has 2 aliphatic rings. The molecule has 0 spiro atoms. The van der Waals surface area contributed by atoms with Crippen molar-refractivity contribution in [3.63, 3.8) is 0 Å². The van der Waals surface area contributed by atoms with Gasteiger partial charge in [-0.3, -0.25) is 9.69 Å². The predicted molar refractivity (Wildman–Crippen MR) is 105 cm³/mol. The van der Waals surface area contributed by atoms with E-state index in [1.807, 2.05) is 24.3 Å². The Labute approximate surface area is 162 Å². The predicted octanol–water partition coefficient (Wildman–Crippen LogP) is 3.08. The number of nitrogens with zero attached hydrogens (tertiary/aromatic N) is 1. The molecular formula is C21H32N2O4. The van der Waals surface area contributed by atoms with E-state index in [0.717, 1.165) is 70.0 Å². The van der Waals surface area contributed by atoms with Crippen molar-refractivity contribution in [3.05, 3.63) is 24.3 Å². The van der Waals surface area contributed by atoms with E-state index >= 15 is 0 Å². The van der Waals surface area contributed by atoms with Gasteiger partial charge in [-0.25, -0.2) is 0 Å². The zero-order valence-electron chi connectivity index (χ0n) is 16.4. The van der Waals surface area contributed by atoms with E-state index in [-0.39, 0.29) is 5.91 Å². The Morgan fingerprint density at radius 2 is 1.78 bits per heavy atom. The van der Waals surface area contributed by atoms with Crippen LogP contribution in [0.2, 0.25) is 0 Å². The zero-order chi connectivity index (χ0) is 19.0. The number of anilines is 1. The van der Waals surface area contributed by atoms with Crippen LogP contribution in [-0.2, 0) is 14.3 Å². The van der Waals surface area contributed by atoms with Crippen LogP contribution in [0.1, 0.15) is 38.5 Å². The number of carbonyl (C=O) groups excluding carboxylic acids is 1. The molecule has 3 rings (SSSR count). The molecule has 0 radical (unpaired) electrons. The average Bonchev–Trinajstić information content (AvgIpc) is 2.97. The van der Waals surface area contributed by atoms with Crippen LogP contribution in [0.15, 0.2) is 24.3 Å². The van der Waals surface area contributed by atoms with E-state index in [1.165, 1.54) is 12.8 Å². The molecule has 6 nitrogen and oxygen atoms in total. The molecule has 1 aromatic carbocycles. The summed E-state index contributed by atoms with van der Waals surface area (Å²) in [6.45, 7) is 5.09. The third kappa shape index (κ3) is 5.67. The van der Waals surface area contributed by atoms with Gasteiger partial charge in [0, 0.05) is 32.4 Å². The summed E-state index contributed by atoms with van der Waals surface area (Å²) < 4.78 is 16.8. The Balaban J connectivity index is 1.48. The molecule has 0 bridgehead atoms. The molecule has 1 amide bonds. The van der Waals surface area contributed by atoms with Gasteiger partial charge in [0.15, 0.2) is 0 Å². The Morgan fingerprint density at radius 1 is 1.11 bits per heavy atom. The van der Waals surface area contributed by atoms with Crippen LogP contribution < -0.4 is 10.1 Å². The monoisotopic (exact) mass is 376 g/mol. The fourth-order valence-electron chi connectivity index (χ4n) is 3.82. The quantitative estimate of drug-likeness (QED) is 0.741. The van der Waals surface area contributed by atoms with E-state index < -0.39 is 5.60 Å². The number of amides is 1. The van der Waals surface area contributed by atoms with Gasteiger partial charge in [0.2, 0.25) is 0 Å². The SMILES string of the molecule is COC1(C(=O)Nc2ccc(OCCN3CCOCC3)cc2)CCCCCC1. The topological polar surface area (TPSA) is 60.0 Å².